The van der Waals surface area contributed by atoms with E-state index in [9.17, 15) is 4.79 Å². The maximum Gasteiger partial charge on any atom is 0.307 e. The third kappa shape index (κ3) is 5.51. The standard InChI is InChI=1S/C18H24O3/c1-5-8-15(13-18(19)20-4)14-9-11-17(12-10-14)21-16(6-2)7-3/h9-12,15-16H,6-7,13H2,1-4H3. The van der Waals surface area contributed by atoms with Gasteiger partial charge in [-0.25, -0.2) is 0 Å². The fourth-order valence-electron chi connectivity index (χ4n) is 2.10. The first-order chi connectivity index (χ1) is 10.1. The number of methoxy groups -OCH3 is 1. The summed E-state index contributed by atoms with van der Waals surface area (Å²) in [7, 11) is 1.39. The van der Waals surface area contributed by atoms with E-state index < -0.39 is 0 Å². The fraction of sp³-hybridized carbons (Fsp3) is 0.500. The molecule has 1 atom stereocenters. The molecule has 21 heavy (non-hydrogen) atoms. The second-order valence-electron chi connectivity index (χ2n) is 4.85. The minimum absolute atomic E-state index is 0.135. The van der Waals surface area contributed by atoms with Gasteiger partial charge in [-0.3, -0.25) is 4.79 Å². The summed E-state index contributed by atoms with van der Waals surface area (Å²) in [4.78, 5) is 11.4. The molecule has 1 aromatic carbocycles. The van der Waals surface area contributed by atoms with Gasteiger partial charge >= 0.3 is 5.97 Å². The highest BCUT2D eigenvalue weighted by Gasteiger charge is 2.14. The number of carbonyl (C=O) groups excluding carboxylic acids is 1. The van der Waals surface area contributed by atoms with Gasteiger partial charge in [0.25, 0.3) is 0 Å². The van der Waals surface area contributed by atoms with Crippen molar-refractivity contribution in [3.63, 3.8) is 0 Å². The molecule has 0 saturated carbocycles. The lowest BCUT2D eigenvalue weighted by Gasteiger charge is -2.16. The lowest BCUT2D eigenvalue weighted by atomic mass is 9.96. The van der Waals surface area contributed by atoms with Crippen molar-refractivity contribution in [3.8, 4) is 17.6 Å². The van der Waals surface area contributed by atoms with Crippen LogP contribution < -0.4 is 4.74 Å². The summed E-state index contributed by atoms with van der Waals surface area (Å²) in [6.45, 7) is 6.01. The molecule has 114 valence electrons. The van der Waals surface area contributed by atoms with Crippen molar-refractivity contribution in [1.82, 2.24) is 0 Å². The molecule has 0 aliphatic carbocycles. The second-order valence-corrected chi connectivity index (χ2v) is 4.85. The Morgan fingerprint density at radius 1 is 1.19 bits per heavy atom. The number of esters is 1. The molecule has 3 heteroatoms. The molecule has 1 unspecified atom stereocenters. The maximum atomic E-state index is 11.4. The lowest BCUT2D eigenvalue weighted by Crippen LogP contribution is -2.13. The molecule has 0 fully saturated rings. The van der Waals surface area contributed by atoms with E-state index in [4.69, 9.17) is 9.47 Å². The van der Waals surface area contributed by atoms with E-state index in [1.165, 1.54) is 7.11 Å². The van der Waals surface area contributed by atoms with Crippen molar-refractivity contribution in [2.45, 2.75) is 52.1 Å². The summed E-state index contributed by atoms with van der Waals surface area (Å²) in [6, 6.07) is 7.82. The Morgan fingerprint density at radius 3 is 2.29 bits per heavy atom. The highest BCUT2D eigenvalue weighted by Crippen LogP contribution is 2.23. The molecule has 0 amide bonds. The smallest absolute Gasteiger partial charge is 0.307 e. The Hall–Kier alpha value is -1.95. The molecule has 0 heterocycles. The maximum absolute atomic E-state index is 11.4. The van der Waals surface area contributed by atoms with Crippen LogP contribution in [0.3, 0.4) is 0 Å². The molecule has 0 bridgehead atoms. The molecule has 0 N–H and O–H groups in total. The van der Waals surface area contributed by atoms with Crippen molar-refractivity contribution in [1.29, 1.82) is 0 Å². The first kappa shape index (κ1) is 17.1. The topological polar surface area (TPSA) is 35.5 Å². The normalized spacial score (nSPS) is 11.5. The third-order valence-corrected chi connectivity index (χ3v) is 3.41. The largest absolute Gasteiger partial charge is 0.490 e. The van der Waals surface area contributed by atoms with Crippen LogP contribution in [0.1, 0.15) is 51.5 Å². The van der Waals surface area contributed by atoms with Crippen molar-refractivity contribution in [3.05, 3.63) is 29.8 Å². The van der Waals surface area contributed by atoms with Gasteiger partial charge in [0.1, 0.15) is 5.75 Å². The molecule has 1 rings (SSSR count). The van der Waals surface area contributed by atoms with E-state index in [2.05, 4.69) is 25.7 Å². The van der Waals surface area contributed by atoms with E-state index in [-0.39, 0.29) is 24.4 Å². The molecule has 0 aliphatic rings. The van der Waals surface area contributed by atoms with Gasteiger partial charge < -0.3 is 9.47 Å². The van der Waals surface area contributed by atoms with E-state index >= 15 is 0 Å². The summed E-state index contributed by atoms with van der Waals surface area (Å²) in [5.74, 6) is 6.40. The van der Waals surface area contributed by atoms with E-state index in [0.717, 1.165) is 24.2 Å². The highest BCUT2D eigenvalue weighted by molar-refractivity contribution is 5.71. The summed E-state index contributed by atoms with van der Waals surface area (Å²) in [5, 5.41) is 0. The molecule has 0 saturated heterocycles. The number of hydrogen-bond donors (Lipinski definition) is 0. The Labute approximate surface area is 127 Å². The number of hydrogen-bond acceptors (Lipinski definition) is 3. The molecule has 1 aromatic rings. The minimum Gasteiger partial charge on any atom is -0.490 e. The second kappa shape index (κ2) is 9.07. The minimum atomic E-state index is -0.250. The van der Waals surface area contributed by atoms with Crippen LogP contribution in [0.4, 0.5) is 0 Å². The zero-order valence-corrected chi connectivity index (χ0v) is 13.3. The molecular formula is C18H24O3. The van der Waals surface area contributed by atoms with Gasteiger partial charge in [-0.2, -0.15) is 0 Å². The predicted octanol–water partition coefficient (Wildman–Crippen LogP) is 3.92. The van der Waals surface area contributed by atoms with Crippen molar-refractivity contribution in [2.75, 3.05) is 7.11 Å². The first-order valence-electron chi connectivity index (χ1n) is 7.40. The van der Waals surface area contributed by atoms with Gasteiger partial charge in [0, 0.05) is 0 Å². The zero-order chi connectivity index (χ0) is 15.7. The van der Waals surface area contributed by atoms with Crippen LogP contribution in [0.15, 0.2) is 24.3 Å². The Balaban J connectivity index is 2.81. The Kier molecular flexibility index (Phi) is 7.39. The summed E-state index contributed by atoms with van der Waals surface area (Å²) in [6.07, 6.45) is 2.50. The molecule has 0 aromatic heterocycles. The van der Waals surface area contributed by atoms with Crippen molar-refractivity contribution >= 4 is 5.97 Å². The molecular weight excluding hydrogens is 264 g/mol. The van der Waals surface area contributed by atoms with Gasteiger partial charge in [0.15, 0.2) is 0 Å². The van der Waals surface area contributed by atoms with Crippen LogP contribution in [0.25, 0.3) is 0 Å². The summed E-state index contributed by atoms with van der Waals surface area (Å²) in [5.41, 5.74) is 1.01. The van der Waals surface area contributed by atoms with E-state index in [1.807, 2.05) is 24.3 Å². The monoisotopic (exact) mass is 288 g/mol. The molecule has 0 aliphatic heterocycles. The van der Waals surface area contributed by atoms with Crippen molar-refractivity contribution in [2.24, 2.45) is 0 Å². The first-order valence-corrected chi connectivity index (χ1v) is 7.40. The highest BCUT2D eigenvalue weighted by atomic mass is 16.5. The SMILES string of the molecule is CC#CC(CC(=O)OC)c1ccc(OC(CC)CC)cc1. The van der Waals surface area contributed by atoms with E-state index in [1.54, 1.807) is 6.92 Å². The fourth-order valence-corrected chi connectivity index (χ4v) is 2.10. The summed E-state index contributed by atoms with van der Waals surface area (Å²) < 4.78 is 10.6. The Bertz CT molecular complexity index is 489. The zero-order valence-electron chi connectivity index (χ0n) is 13.3. The number of ether oxygens (including phenoxy) is 2. The number of rotatable bonds is 7. The van der Waals surface area contributed by atoms with Gasteiger partial charge in [0.05, 0.1) is 25.6 Å². The predicted molar refractivity (Wildman–Crippen MR) is 84.3 cm³/mol. The lowest BCUT2D eigenvalue weighted by molar-refractivity contribution is -0.140. The van der Waals surface area contributed by atoms with Gasteiger partial charge in [-0.05, 0) is 37.5 Å². The summed E-state index contributed by atoms with van der Waals surface area (Å²) >= 11 is 0. The van der Waals surface area contributed by atoms with Crippen LogP contribution in [0.5, 0.6) is 5.75 Å². The van der Waals surface area contributed by atoms with E-state index in [0.29, 0.717) is 0 Å². The van der Waals surface area contributed by atoms with Gasteiger partial charge in [0.2, 0.25) is 0 Å². The van der Waals surface area contributed by atoms with Gasteiger partial charge in [-0.1, -0.05) is 31.9 Å². The van der Waals surface area contributed by atoms with Crippen molar-refractivity contribution < 1.29 is 14.3 Å². The van der Waals surface area contributed by atoms with Crippen LogP contribution in [0, 0.1) is 11.8 Å². The Morgan fingerprint density at radius 2 is 1.81 bits per heavy atom. The quantitative estimate of drug-likeness (QED) is 0.563. The van der Waals surface area contributed by atoms with Crippen LogP contribution in [0.2, 0.25) is 0 Å². The third-order valence-electron chi connectivity index (χ3n) is 3.41. The average molecular weight is 288 g/mol. The van der Waals surface area contributed by atoms with Crippen LogP contribution >= 0.6 is 0 Å². The number of carbonyl (C=O) groups is 1. The molecule has 0 radical (unpaired) electrons. The number of benzene rings is 1. The van der Waals surface area contributed by atoms with Gasteiger partial charge in [-0.15, -0.1) is 5.92 Å². The van der Waals surface area contributed by atoms with Crippen LogP contribution in [-0.4, -0.2) is 19.2 Å². The molecule has 0 spiro atoms. The van der Waals surface area contributed by atoms with Crippen LogP contribution in [-0.2, 0) is 9.53 Å². The average Bonchev–Trinajstić information content (AvgIpc) is 2.52. The molecule has 3 nitrogen and oxygen atoms in total.